The van der Waals surface area contributed by atoms with Gasteiger partial charge in [-0.05, 0) is 104 Å². The largest absolute Gasteiger partial charge is 0.465 e. The zero-order valence-electron chi connectivity index (χ0n) is 17.0. The van der Waals surface area contributed by atoms with Crippen molar-refractivity contribution in [2.45, 2.75) is 90.9 Å². The third kappa shape index (κ3) is 2.46. The van der Waals surface area contributed by atoms with Gasteiger partial charge in [-0.3, -0.25) is 4.79 Å². The monoisotopic (exact) mass is 358 g/mol. The van der Waals surface area contributed by atoms with Crippen molar-refractivity contribution in [2.75, 3.05) is 6.61 Å². The molecule has 4 saturated carbocycles. The smallest absolute Gasteiger partial charge is 0.305 e. The highest BCUT2D eigenvalue weighted by atomic mass is 16.5. The van der Waals surface area contributed by atoms with Crippen molar-refractivity contribution in [3.8, 4) is 0 Å². The molecule has 1 heterocycles. The first-order chi connectivity index (χ1) is 12.5. The summed E-state index contributed by atoms with van der Waals surface area (Å²) < 4.78 is 5.48. The van der Waals surface area contributed by atoms with Crippen LogP contribution in [0.1, 0.15) is 90.9 Å². The van der Waals surface area contributed by atoms with Gasteiger partial charge in [0.2, 0.25) is 0 Å². The second-order valence-electron chi connectivity index (χ2n) is 11.1. The molecule has 0 bridgehead atoms. The van der Waals surface area contributed by atoms with Crippen molar-refractivity contribution in [1.82, 2.24) is 0 Å². The molecule has 1 saturated heterocycles. The maximum Gasteiger partial charge on any atom is 0.305 e. The summed E-state index contributed by atoms with van der Waals surface area (Å²) in [5, 5.41) is 0. The van der Waals surface area contributed by atoms with Gasteiger partial charge in [-0.1, -0.05) is 26.7 Å². The van der Waals surface area contributed by atoms with Crippen molar-refractivity contribution in [2.24, 2.45) is 46.3 Å². The molecule has 0 spiro atoms. The number of ether oxygens (including phenoxy) is 1. The second-order valence-corrected chi connectivity index (χ2v) is 11.1. The summed E-state index contributed by atoms with van der Waals surface area (Å²) in [6.07, 6.45) is 16.5. The second kappa shape index (κ2) is 6.24. The average molecular weight is 359 g/mol. The van der Waals surface area contributed by atoms with Crippen LogP contribution in [0.2, 0.25) is 0 Å². The summed E-state index contributed by atoms with van der Waals surface area (Å²) in [5.41, 5.74) is 1.17. The lowest BCUT2D eigenvalue weighted by Crippen LogP contribution is -2.53. The highest BCUT2D eigenvalue weighted by Crippen LogP contribution is 2.68. The molecule has 0 radical (unpaired) electrons. The minimum absolute atomic E-state index is 0.0354. The minimum Gasteiger partial charge on any atom is -0.465 e. The molecular formula is C24H38O2. The zero-order chi connectivity index (χ0) is 17.9. The molecule has 0 aromatic heterocycles. The van der Waals surface area contributed by atoms with E-state index in [2.05, 4.69) is 13.8 Å². The van der Waals surface area contributed by atoms with E-state index in [1.54, 1.807) is 0 Å². The van der Waals surface area contributed by atoms with Crippen LogP contribution < -0.4 is 0 Å². The standard InChI is InChI=1S/C24H38O2/c1-23-13-4-3-5-17(23)7-8-18-20-10-9-19(16-6-11-22(25)26-15-16)24(20,2)14-12-21(18)23/h16-21H,3-15H2,1-2H3/t16-,17-,18-,19+,20+,21-,23-,24+/m0/s1. The topological polar surface area (TPSA) is 26.3 Å². The fourth-order valence-electron chi connectivity index (χ4n) is 9.09. The third-order valence-electron chi connectivity index (χ3n) is 10.4. The Morgan fingerprint density at radius 2 is 1.62 bits per heavy atom. The van der Waals surface area contributed by atoms with Gasteiger partial charge in [0.05, 0.1) is 6.61 Å². The van der Waals surface area contributed by atoms with Crippen molar-refractivity contribution in [3.63, 3.8) is 0 Å². The number of carbonyl (C=O) groups is 1. The van der Waals surface area contributed by atoms with E-state index in [0.29, 0.717) is 29.8 Å². The van der Waals surface area contributed by atoms with Crippen molar-refractivity contribution in [1.29, 1.82) is 0 Å². The van der Waals surface area contributed by atoms with Crippen LogP contribution in [-0.4, -0.2) is 12.6 Å². The summed E-state index contributed by atoms with van der Waals surface area (Å²) in [6.45, 7) is 6.03. The molecule has 0 N–H and O–H groups in total. The molecule has 8 atom stereocenters. The molecule has 146 valence electrons. The van der Waals surface area contributed by atoms with Gasteiger partial charge in [0.1, 0.15) is 0 Å². The molecule has 1 aliphatic heterocycles. The van der Waals surface area contributed by atoms with Crippen LogP contribution in [0.4, 0.5) is 0 Å². The maximum absolute atomic E-state index is 11.5. The zero-order valence-corrected chi connectivity index (χ0v) is 17.0. The Morgan fingerprint density at radius 1 is 0.808 bits per heavy atom. The minimum atomic E-state index is 0.0354. The van der Waals surface area contributed by atoms with Gasteiger partial charge in [-0.2, -0.15) is 0 Å². The lowest BCUT2D eigenvalue weighted by Gasteiger charge is -2.61. The number of hydrogen-bond acceptors (Lipinski definition) is 2. The lowest BCUT2D eigenvalue weighted by atomic mass is 9.44. The number of rotatable bonds is 1. The van der Waals surface area contributed by atoms with Crippen LogP contribution in [0.15, 0.2) is 0 Å². The Labute approximate surface area is 159 Å². The molecule has 5 aliphatic rings. The predicted molar refractivity (Wildman–Crippen MR) is 104 cm³/mol. The Morgan fingerprint density at radius 3 is 2.42 bits per heavy atom. The van der Waals surface area contributed by atoms with E-state index in [-0.39, 0.29) is 5.97 Å². The number of cyclic esters (lactones) is 1. The Kier molecular flexibility index (Phi) is 4.22. The highest BCUT2D eigenvalue weighted by Gasteiger charge is 2.60. The molecule has 5 fully saturated rings. The van der Waals surface area contributed by atoms with E-state index in [1.807, 2.05) is 0 Å². The Hall–Kier alpha value is -0.530. The molecule has 2 heteroatoms. The molecule has 0 amide bonds. The van der Waals surface area contributed by atoms with Gasteiger partial charge in [0.25, 0.3) is 0 Å². The number of carbonyl (C=O) groups excluding carboxylic acids is 1. The van der Waals surface area contributed by atoms with E-state index in [9.17, 15) is 4.79 Å². The molecular weight excluding hydrogens is 320 g/mol. The first kappa shape index (κ1) is 17.6. The van der Waals surface area contributed by atoms with Gasteiger partial charge in [0, 0.05) is 6.42 Å². The van der Waals surface area contributed by atoms with Crippen LogP contribution in [0.3, 0.4) is 0 Å². The maximum atomic E-state index is 11.5. The number of fused-ring (bicyclic) bond motifs is 5. The summed E-state index contributed by atoms with van der Waals surface area (Å²) in [7, 11) is 0. The quantitative estimate of drug-likeness (QED) is 0.538. The van der Waals surface area contributed by atoms with E-state index < -0.39 is 0 Å². The SMILES string of the molecule is C[C@]12CC[C@H]3[C@@H](CC[C@@H]4CCCC[C@@]43C)[C@H]1CC[C@@H]2[C@H]1CCC(=O)OC1. The Balaban J connectivity index is 1.37. The van der Waals surface area contributed by atoms with E-state index in [1.165, 1.54) is 64.2 Å². The van der Waals surface area contributed by atoms with Gasteiger partial charge in [-0.15, -0.1) is 0 Å². The van der Waals surface area contributed by atoms with Crippen LogP contribution in [0, 0.1) is 46.3 Å². The molecule has 0 aromatic carbocycles. The van der Waals surface area contributed by atoms with Gasteiger partial charge in [-0.25, -0.2) is 0 Å². The van der Waals surface area contributed by atoms with Crippen LogP contribution in [0.25, 0.3) is 0 Å². The number of esters is 1. The van der Waals surface area contributed by atoms with Gasteiger partial charge < -0.3 is 4.74 Å². The Bertz CT molecular complexity index is 561. The van der Waals surface area contributed by atoms with Crippen LogP contribution in [0.5, 0.6) is 0 Å². The van der Waals surface area contributed by atoms with E-state index in [0.717, 1.165) is 36.0 Å². The predicted octanol–water partition coefficient (Wildman–Crippen LogP) is 5.99. The van der Waals surface area contributed by atoms with Crippen LogP contribution >= 0.6 is 0 Å². The number of hydrogen-bond donors (Lipinski definition) is 0. The van der Waals surface area contributed by atoms with Crippen molar-refractivity contribution >= 4 is 5.97 Å². The molecule has 0 aromatic rings. The fourth-order valence-corrected chi connectivity index (χ4v) is 9.09. The van der Waals surface area contributed by atoms with E-state index >= 15 is 0 Å². The van der Waals surface area contributed by atoms with Gasteiger partial charge >= 0.3 is 5.97 Å². The lowest BCUT2D eigenvalue weighted by molar-refractivity contribution is -0.154. The van der Waals surface area contributed by atoms with Crippen molar-refractivity contribution < 1.29 is 9.53 Å². The normalized spacial score (nSPS) is 54.0. The molecule has 4 aliphatic carbocycles. The molecule has 26 heavy (non-hydrogen) atoms. The van der Waals surface area contributed by atoms with Gasteiger partial charge in [0.15, 0.2) is 0 Å². The summed E-state index contributed by atoms with van der Waals surface area (Å²) in [5.74, 6) is 5.44. The first-order valence-corrected chi connectivity index (χ1v) is 11.7. The average Bonchev–Trinajstić information content (AvgIpc) is 2.99. The molecule has 5 rings (SSSR count). The summed E-state index contributed by atoms with van der Waals surface area (Å²) >= 11 is 0. The molecule has 0 unspecified atom stereocenters. The fraction of sp³-hybridized carbons (Fsp3) is 0.958. The summed E-state index contributed by atoms with van der Waals surface area (Å²) in [6, 6.07) is 0. The van der Waals surface area contributed by atoms with Crippen LogP contribution in [-0.2, 0) is 9.53 Å². The van der Waals surface area contributed by atoms with Crippen molar-refractivity contribution in [3.05, 3.63) is 0 Å². The molecule has 2 nitrogen and oxygen atoms in total. The summed E-state index contributed by atoms with van der Waals surface area (Å²) in [4.78, 5) is 11.5. The van der Waals surface area contributed by atoms with E-state index in [4.69, 9.17) is 4.74 Å². The third-order valence-corrected chi connectivity index (χ3v) is 10.4. The highest BCUT2D eigenvalue weighted by molar-refractivity contribution is 5.69. The first-order valence-electron chi connectivity index (χ1n) is 11.7.